The van der Waals surface area contributed by atoms with Crippen molar-refractivity contribution in [1.82, 2.24) is 15.0 Å². The molecule has 5 nitrogen and oxygen atoms in total. The Morgan fingerprint density at radius 1 is 0.379 bits per heavy atom. The number of aromatic nitrogens is 3. The van der Waals surface area contributed by atoms with E-state index in [0.29, 0.717) is 23.2 Å². The Morgan fingerprint density at radius 2 is 0.828 bits per heavy atom. The van der Waals surface area contributed by atoms with Crippen molar-refractivity contribution in [3.8, 4) is 67.9 Å². The quantitative estimate of drug-likeness (QED) is 0.153. The van der Waals surface area contributed by atoms with Gasteiger partial charge in [0.1, 0.15) is 11.5 Å². The molecule has 5 heteroatoms. The van der Waals surface area contributed by atoms with Crippen LogP contribution in [-0.4, -0.2) is 15.0 Å². The Hall–Kier alpha value is -7.94. The predicted molar refractivity (Wildman–Crippen MR) is 232 cm³/mol. The second kappa shape index (κ2) is 14.6. The fourth-order valence-corrected chi connectivity index (χ4v) is 8.29. The smallest absolute Gasteiger partial charge is 0.187 e. The average molecular weight is 743 g/mol. The molecule has 1 aliphatic rings. The number of rotatable bonds is 7. The molecule has 1 aliphatic heterocycles. The minimum atomic E-state index is -0.663. The van der Waals surface area contributed by atoms with Crippen LogP contribution in [0.25, 0.3) is 61.3 Å². The maximum atomic E-state index is 7.39. The first-order chi connectivity index (χ1) is 28.7. The zero-order chi connectivity index (χ0) is 38.9. The van der Waals surface area contributed by atoms with Crippen LogP contribution in [0.4, 0.5) is 5.69 Å². The number of fused-ring (bicyclic) bond motifs is 2. The Bertz CT molecular complexity index is 2920. The van der Waals surface area contributed by atoms with E-state index < -0.39 is 5.41 Å². The van der Waals surface area contributed by atoms with Crippen LogP contribution >= 0.6 is 0 Å². The summed E-state index contributed by atoms with van der Waals surface area (Å²) in [6.45, 7) is 7.39. The van der Waals surface area contributed by atoms with E-state index >= 15 is 0 Å². The first kappa shape index (κ1) is 34.5. The normalized spacial score (nSPS) is 12.4. The summed E-state index contributed by atoms with van der Waals surface area (Å²) >= 11 is 0. The highest BCUT2D eigenvalue weighted by Gasteiger charge is 2.46. The molecular weight excluding hydrogens is 709 g/mol. The van der Waals surface area contributed by atoms with Crippen LogP contribution in [0.1, 0.15) is 22.3 Å². The van der Waals surface area contributed by atoms with Crippen LogP contribution < -0.4 is 4.74 Å². The number of hydrogen-bond acceptors (Lipinski definition) is 4. The van der Waals surface area contributed by atoms with Crippen molar-refractivity contribution >= 4 is 5.69 Å². The van der Waals surface area contributed by atoms with Crippen molar-refractivity contribution in [1.29, 1.82) is 0 Å². The van der Waals surface area contributed by atoms with E-state index in [2.05, 4.69) is 150 Å². The number of benzene rings is 8. The fourth-order valence-electron chi connectivity index (χ4n) is 8.29. The van der Waals surface area contributed by atoms with E-state index in [9.17, 15) is 0 Å². The molecular formula is C53H34N4O. The van der Waals surface area contributed by atoms with E-state index in [0.717, 1.165) is 61.6 Å². The second-order valence-electron chi connectivity index (χ2n) is 14.2. The summed E-state index contributed by atoms with van der Waals surface area (Å²) in [7, 11) is 0. The molecule has 9 aromatic rings. The summed E-state index contributed by atoms with van der Waals surface area (Å²) in [6.07, 6.45) is 0. The van der Waals surface area contributed by atoms with Gasteiger partial charge in [0.2, 0.25) is 0 Å². The van der Waals surface area contributed by atoms with Crippen molar-refractivity contribution in [2.24, 2.45) is 0 Å². The molecule has 0 atom stereocenters. The summed E-state index contributed by atoms with van der Waals surface area (Å²) in [4.78, 5) is 18.3. The van der Waals surface area contributed by atoms with Crippen molar-refractivity contribution in [3.63, 3.8) is 0 Å². The van der Waals surface area contributed by atoms with Gasteiger partial charge < -0.3 is 4.74 Å². The molecule has 0 fully saturated rings. The highest BCUT2D eigenvalue weighted by Crippen LogP contribution is 2.58. The maximum Gasteiger partial charge on any atom is 0.187 e. The van der Waals surface area contributed by atoms with E-state index in [1.165, 1.54) is 11.1 Å². The van der Waals surface area contributed by atoms with Crippen LogP contribution in [0.3, 0.4) is 0 Å². The van der Waals surface area contributed by atoms with Gasteiger partial charge in [-0.2, -0.15) is 0 Å². The number of para-hydroxylation sites is 1. The van der Waals surface area contributed by atoms with Crippen molar-refractivity contribution in [3.05, 3.63) is 240 Å². The van der Waals surface area contributed by atoms with Gasteiger partial charge in [-0.1, -0.05) is 194 Å². The van der Waals surface area contributed by atoms with Gasteiger partial charge in [-0.25, -0.2) is 19.8 Å². The lowest BCUT2D eigenvalue weighted by atomic mass is 9.62. The molecule has 0 saturated carbocycles. The number of ether oxygens (including phenoxy) is 1. The Kier molecular flexibility index (Phi) is 8.70. The molecule has 58 heavy (non-hydrogen) atoms. The van der Waals surface area contributed by atoms with E-state index in [1.54, 1.807) is 12.1 Å². The summed E-state index contributed by atoms with van der Waals surface area (Å²) in [6, 6.07) is 70.8. The van der Waals surface area contributed by atoms with Crippen LogP contribution in [0, 0.1) is 6.57 Å². The van der Waals surface area contributed by atoms with Crippen LogP contribution in [-0.2, 0) is 5.41 Å². The summed E-state index contributed by atoms with van der Waals surface area (Å²) in [5, 5.41) is 0. The molecule has 0 bridgehead atoms. The lowest BCUT2D eigenvalue weighted by Gasteiger charge is -2.43. The van der Waals surface area contributed by atoms with Gasteiger partial charge in [-0.15, -0.1) is 0 Å². The first-order valence-electron chi connectivity index (χ1n) is 19.2. The third kappa shape index (κ3) is 5.92. The van der Waals surface area contributed by atoms with E-state index in [4.69, 9.17) is 26.3 Å². The summed E-state index contributed by atoms with van der Waals surface area (Å²) < 4.78 is 6.81. The monoisotopic (exact) mass is 742 g/mol. The van der Waals surface area contributed by atoms with Gasteiger partial charge in [-0.3, -0.25) is 0 Å². The standard InChI is InChI=1S/C53H34N4O/c1-54-42-34-32-39(33-35-42)52-56-50(37-16-5-2-6-17-37)55-51(57-52)38-30-28-36(29-31-38)43-22-11-12-23-44(43)45-24-15-27-48-49(45)53(40-18-7-3-8-19-40,41-20-9-4-10-21-41)46-25-13-14-26-47(46)58-48/h2-35H. The van der Waals surface area contributed by atoms with Crippen molar-refractivity contribution in [2.45, 2.75) is 5.41 Å². The van der Waals surface area contributed by atoms with Crippen LogP contribution in [0.5, 0.6) is 11.5 Å². The van der Waals surface area contributed by atoms with Gasteiger partial charge in [0.05, 0.1) is 12.0 Å². The highest BCUT2D eigenvalue weighted by atomic mass is 16.5. The molecule has 272 valence electrons. The Labute approximate surface area is 337 Å². The Morgan fingerprint density at radius 3 is 1.43 bits per heavy atom. The number of nitrogens with zero attached hydrogens (tertiary/aromatic N) is 4. The third-order valence-corrected chi connectivity index (χ3v) is 10.9. The molecule has 8 aromatic carbocycles. The fraction of sp³-hybridized carbons (Fsp3) is 0.0189. The summed E-state index contributed by atoms with van der Waals surface area (Å²) in [5.74, 6) is 3.38. The molecule has 0 saturated heterocycles. The first-order valence-corrected chi connectivity index (χ1v) is 19.2. The van der Waals surface area contributed by atoms with Gasteiger partial charge in [0.15, 0.2) is 23.2 Å². The topological polar surface area (TPSA) is 52.3 Å². The predicted octanol–water partition coefficient (Wildman–Crippen LogP) is 13.2. The lowest BCUT2D eigenvalue weighted by Crippen LogP contribution is -2.34. The molecule has 0 aliphatic carbocycles. The molecule has 0 amide bonds. The van der Waals surface area contributed by atoms with E-state index in [-0.39, 0.29) is 0 Å². The second-order valence-corrected chi connectivity index (χ2v) is 14.2. The average Bonchev–Trinajstić information content (AvgIpc) is 3.31. The van der Waals surface area contributed by atoms with Gasteiger partial charge in [-0.05, 0) is 45.5 Å². The molecule has 2 heterocycles. The van der Waals surface area contributed by atoms with Gasteiger partial charge >= 0.3 is 0 Å². The highest BCUT2D eigenvalue weighted by molar-refractivity contribution is 5.89. The molecule has 0 unspecified atom stereocenters. The molecule has 0 N–H and O–H groups in total. The zero-order valence-electron chi connectivity index (χ0n) is 31.3. The van der Waals surface area contributed by atoms with Gasteiger partial charge in [0, 0.05) is 27.8 Å². The third-order valence-electron chi connectivity index (χ3n) is 10.9. The molecule has 0 spiro atoms. The van der Waals surface area contributed by atoms with Crippen LogP contribution in [0.2, 0.25) is 0 Å². The van der Waals surface area contributed by atoms with Crippen LogP contribution in [0.15, 0.2) is 206 Å². The maximum absolute atomic E-state index is 7.39. The molecule has 10 rings (SSSR count). The van der Waals surface area contributed by atoms with Crippen molar-refractivity contribution in [2.75, 3.05) is 0 Å². The molecule has 1 aromatic heterocycles. The minimum absolute atomic E-state index is 0.549. The SMILES string of the molecule is [C-]#[N+]c1ccc(-c2nc(-c3ccccc3)nc(-c3ccc(-c4ccccc4-c4cccc5c4C(c4ccccc4)(c4ccccc4)c4ccccc4O5)cc3)n2)cc1. The Balaban J connectivity index is 1.12. The number of hydrogen-bond donors (Lipinski definition) is 0. The summed E-state index contributed by atoms with van der Waals surface area (Å²) in [5.41, 5.74) is 11.4. The van der Waals surface area contributed by atoms with E-state index in [1.807, 2.05) is 48.5 Å². The largest absolute Gasteiger partial charge is 0.457 e. The van der Waals surface area contributed by atoms with Gasteiger partial charge in [0.25, 0.3) is 0 Å². The van der Waals surface area contributed by atoms with Crippen molar-refractivity contribution < 1.29 is 4.74 Å². The zero-order valence-corrected chi connectivity index (χ0v) is 31.3. The molecule has 0 radical (unpaired) electrons. The minimum Gasteiger partial charge on any atom is -0.457 e. The lowest BCUT2D eigenvalue weighted by molar-refractivity contribution is 0.435.